The summed E-state index contributed by atoms with van der Waals surface area (Å²) in [6, 6.07) is 7.98. The SMILES string of the molecule is C[C@@H](NC(CO)c1ccc(C#N)cc1)C(=O)OC(C)(C)C. The molecule has 0 heterocycles. The van der Waals surface area contributed by atoms with Crippen LogP contribution < -0.4 is 5.32 Å². The van der Waals surface area contributed by atoms with E-state index in [9.17, 15) is 9.90 Å². The number of nitriles is 1. The van der Waals surface area contributed by atoms with E-state index in [1.807, 2.05) is 26.8 Å². The Balaban J connectivity index is 2.73. The first kappa shape index (κ1) is 17.2. The van der Waals surface area contributed by atoms with Crippen molar-refractivity contribution in [2.24, 2.45) is 0 Å². The number of benzene rings is 1. The van der Waals surface area contributed by atoms with Crippen LogP contribution in [0, 0.1) is 11.3 Å². The van der Waals surface area contributed by atoms with Gasteiger partial charge in [-0.05, 0) is 45.4 Å². The Morgan fingerprint density at radius 2 is 1.95 bits per heavy atom. The Hall–Kier alpha value is -1.90. The largest absolute Gasteiger partial charge is 0.459 e. The van der Waals surface area contributed by atoms with Gasteiger partial charge in [0, 0.05) is 0 Å². The van der Waals surface area contributed by atoms with Crippen LogP contribution in [0.15, 0.2) is 24.3 Å². The third kappa shape index (κ3) is 5.54. The van der Waals surface area contributed by atoms with Gasteiger partial charge in [-0.2, -0.15) is 5.26 Å². The molecule has 1 aromatic rings. The summed E-state index contributed by atoms with van der Waals surface area (Å²) in [6.45, 7) is 6.96. The van der Waals surface area contributed by atoms with Gasteiger partial charge in [0.15, 0.2) is 0 Å². The topological polar surface area (TPSA) is 82.4 Å². The molecular formula is C16H22N2O3. The van der Waals surface area contributed by atoms with Crippen molar-refractivity contribution in [2.45, 2.75) is 45.4 Å². The molecule has 2 N–H and O–H groups in total. The molecule has 0 aliphatic rings. The average molecular weight is 290 g/mol. The van der Waals surface area contributed by atoms with E-state index in [2.05, 4.69) is 5.32 Å². The van der Waals surface area contributed by atoms with Crippen LogP contribution in [0.1, 0.15) is 44.9 Å². The minimum atomic E-state index is -0.545. The average Bonchev–Trinajstić information content (AvgIpc) is 2.42. The van der Waals surface area contributed by atoms with Crippen LogP contribution in [-0.4, -0.2) is 29.3 Å². The monoisotopic (exact) mass is 290 g/mol. The van der Waals surface area contributed by atoms with Gasteiger partial charge in [0.1, 0.15) is 11.6 Å². The molecule has 5 nitrogen and oxygen atoms in total. The lowest BCUT2D eigenvalue weighted by atomic mass is 10.0. The number of aliphatic hydroxyl groups excluding tert-OH is 1. The lowest BCUT2D eigenvalue weighted by molar-refractivity contribution is -0.157. The molecule has 0 aliphatic carbocycles. The maximum absolute atomic E-state index is 11.9. The van der Waals surface area contributed by atoms with Crippen LogP contribution in [0.5, 0.6) is 0 Å². The van der Waals surface area contributed by atoms with Crippen LogP contribution >= 0.6 is 0 Å². The summed E-state index contributed by atoms with van der Waals surface area (Å²) < 4.78 is 5.29. The van der Waals surface area contributed by atoms with Crippen molar-refractivity contribution in [3.8, 4) is 6.07 Å². The lowest BCUT2D eigenvalue weighted by Crippen LogP contribution is -2.41. The fourth-order valence-electron chi connectivity index (χ4n) is 1.80. The van der Waals surface area contributed by atoms with Gasteiger partial charge in [0.2, 0.25) is 0 Å². The number of carbonyl (C=O) groups is 1. The number of nitrogens with zero attached hydrogens (tertiary/aromatic N) is 1. The molecule has 1 unspecified atom stereocenters. The predicted octanol–water partition coefficient (Wildman–Crippen LogP) is 1.91. The van der Waals surface area contributed by atoms with Crippen molar-refractivity contribution in [1.82, 2.24) is 5.32 Å². The zero-order valence-electron chi connectivity index (χ0n) is 12.9. The molecule has 0 radical (unpaired) electrons. The second kappa shape index (κ2) is 7.21. The van der Waals surface area contributed by atoms with Gasteiger partial charge in [-0.25, -0.2) is 0 Å². The number of esters is 1. The summed E-state index contributed by atoms with van der Waals surface area (Å²) in [6.07, 6.45) is 0. The van der Waals surface area contributed by atoms with E-state index in [4.69, 9.17) is 10.00 Å². The number of nitrogens with one attached hydrogen (secondary N) is 1. The van der Waals surface area contributed by atoms with Crippen molar-refractivity contribution in [3.63, 3.8) is 0 Å². The van der Waals surface area contributed by atoms with E-state index in [1.165, 1.54) is 0 Å². The van der Waals surface area contributed by atoms with E-state index in [0.29, 0.717) is 5.56 Å². The second-order valence-corrected chi connectivity index (χ2v) is 5.89. The third-order valence-electron chi connectivity index (χ3n) is 2.84. The van der Waals surface area contributed by atoms with Gasteiger partial charge in [-0.15, -0.1) is 0 Å². The molecule has 0 aromatic heterocycles. The van der Waals surface area contributed by atoms with Gasteiger partial charge in [0.25, 0.3) is 0 Å². The molecule has 0 spiro atoms. The van der Waals surface area contributed by atoms with Crippen molar-refractivity contribution in [3.05, 3.63) is 35.4 Å². The Morgan fingerprint density at radius 3 is 2.38 bits per heavy atom. The number of rotatable bonds is 5. The van der Waals surface area contributed by atoms with Crippen LogP contribution in [0.25, 0.3) is 0 Å². The minimum Gasteiger partial charge on any atom is -0.459 e. The maximum Gasteiger partial charge on any atom is 0.323 e. The highest BCUT2D eigenvalue weighted by molar-refractivity contribution is 5.75. The first-order chi connectivity index (χ1) is 9.76. The Kier molecular flexibility index (Phi) is 5.89. The van der Waals surface area contributed by atoms with Gasteiger partial charge < -0.3 is 9.84 Å². The van der Waals surface area contributed by atoms with Gasteiger partial charge >= 0.3 is 5.97 Å². The zero-order chi connectivity index (χ0) is 16.0. The molecule has 0 saturated carbocycles. The molecule has 1 rings (SSSR count). The van der Waals surface area contributed by atoms with E-state index in [-0.39, 0.29) is 18.6 Å². The number of aliphatic hydroxyl groups is 1. The van der Waals surface area contributed by atoms with Crippen LogP contribution in [0.4, 0.5) is 0 Å². The minimum absolute atomic E-state index is 0.154. The summed E-state index contributed by atoms with van der Waals surface area (Å²) in [5.41, 5.74) is 0.818. The van der Waals surface area contributed by atoms with E-state index < -0.39 is 11.6 Å². The highest BCUT2D eigenvalue weighted by atomic mass is 16.6. The van der Waals surface area contributed by atoms with E-state index in [1.54, 1.807) is 31.2 Å². The summed E-state index contributed by atoms with van der Waals surface area (Å²) in [5, 5.41) is 21.3. The van der Waals surface area contributed by atoms with Crippen molar-refractivity contribution >= 4 is 5.97 Å². The third-order valence-corrected chi connectivity index (χ3v) is 2.84. The zero-order valence-corrected chi connectivity index (χ0v) is 12.9. The van der Waals surface area contributed by atoms with Gasteiger partial charge in [-0.1, -0.05) is 12.1 Å². The molecule has 0 aliphatic heterocycles. The lowest BCUT2D eigenvalue weighted by Gasteiger charge is -2.25. The first-order valence-corrected chi connectivity index (χ1v) is 6.86. The van der Waals surface area contributed by atoms with Crippen molar-refractivity contribution in [2.75, 3.05) is 6.61 Å². The number of hydrogen-bond donors (Lipinski definition) is 2. The second-order valence-electron chi connectivity index (χ2n) is 5.89. The highest BCUT2D eigenvalue weighted by Crippen LogP contribution is 2.15. The molecule has 0 fully saturated rings. The number of ether oxygens (including phenoxy) is 1. The summed E-state index contributed by atoms with van der Waals surface area (Å²) >= 11 is 0. The molecule has 0 amide bonds. The smallest absolute Gasteiger partial charge is 0.323 e. The summed E-state index contributed by atoms with van der Waals surface area (Å²) in [7, 11) is 0. The summed E-state index contributed by atoms with van der Waals surface area (Å²) in [5.74, 6) is -0.366. The first-order valence-electron chi connectivity index (χ1n) is 6.86. The Labute approximate surface area is 125 Å². The van der Waals surface area contributed by atoms with Crippen LogP contribution in [0.3, 0.4) is 0 Å². The van der Waals surface area contributed by atoms with Crippen LogP contribution in [0.2, 0.25) is 0 Å². The fraction of sp³-hybridized carbons (Fsp3) is 0.500. The molecule has 2 atom stereocenters. The maximum atomic E-state index is 11.9. The van der Waals surface area contributed by atoms with Crippen molar-refractivity contribution < 1.29 is 14.6 Å². The van der Waals surface area contributed by atoms with Crippen LogP contribution in [-0.2, 0) is 9.53 Å². The fourth-order valence-corrected chi connectivity index (χ4v) is 1.80. The van der Waals surface area contributed by atoms with Gasteiger partial charge in [-0.3, -0.25) is 10.1 Å². The van der Waals surface area contributed by atoms with Gasteiger partial charge in [0.05, 0.1) is 24.3 Å². The van der Waals surface area contributed by atoms with Crippen molar-refractivity contribution in [1.29, 1.82) is 5.26 Å². The standard InChI is InChI=1S/C16H22N2O3/c1-11(15(20)21-16(2,3)4)18-14(10-19)13-7-5-12(9-17)6-8-13/h5-8,11,14,18-19H,10H2,1-4H3/t11-,14?/m1/s1. The molecule has 114 valence electrons. The molecule has 1 aromatic carbocycles. The normalized spacial score (nSPS) is 14.1. The summed E-state index contributed by atoms with van der Waals surface area (Å²) in [4.78, 5) is 11.9. The molecule has 21 heavy (non-hydrogen) atoms. The quantitative estimate of drug-likeness (QED) is 0.809. The predicted molar refractivity (Wildman–Crippen MR) is 79.4 cm³/mol. The number of hydrogen-bond acceptors (Lipinski definition) is 5. The molecular weight excluding hydrogens is 268 g/mol. The van der Waals surface area contributed by atoms with E-state index in [0.717, 1.165) is 5.56 Å². The molecule has 0 bridgehead atoms. The molecule has 5 heteroatoms. The Bertz CT molecular complexity index is 512. The Morgan fingerprint density at radius 1 is 1.38 bits per heavy atom. The molecule has 0 saturated heterocycles. The highest BCUT2D eigenvalue weighted by Gasteiger charge is 2.24. The van der Waals surface area contributed by atoms with E-state index >= 15 is 0 Å². The number of carbonyl (C=O) groups excluding carboxylic acids is 1.